The predicted octanol–water partition coefficient (Wildman–Crippen LogP) is 3.76. The third-order valence-electron chi connectivity index (χ3n) is 5.17. The van der Waals surface area contributed by atoms with Crippen molar-refractivity contribution in [1.82, 2.24) is 29.7 Å². The first-order valence-electron chi connectivity index (χ1n) is 9.14. The fourth-order valence-corrected chi connectivity index (χ4v) is 3.91. The highest BCUT2D eigenvalue weighted by molar-refractivity contribution is 5.98. The lowest BCUT2D eigenvalue weighted by molar-refractivity contribution is 0.100. The molecule has 8 heteroatoms. The van der Waals surface area contributed by atoms with E-state index in [0.717, 1.165) is 40.6 Å². The molecule has 0 unspecified atom stereocenters. The van der Waals surface area contributed by atoms with Crippen LogP contribution in [0.5, 0.6) is 0 Å². The fourth-order valence-electron chi connectivity index (χ4n) is 3.91. The zero-order chi connectivity index (χ0) is 18.4. The zero-order valence-corrected chi connectivity index (χ0v) is 14.9. The van der Waals surface area contributed by atoms with Gasteiger partial charge in [-0.3, -0.25) is 9.89 Å². The van der Waals surface area contributed by atoms with E-state index in [2.05, 4.69) is 30.0 Å². The van der Waals surface area contributed by atoms with Crippen LogP contribution in [0.15, 0.2) is 30.7 Å². The van der Waals surface area contributed by atoms with E-state index in [1.165, 1.54) is 12.8 Å². The van der Waals surface area contributed by atoms with Crippen molar-refractivity contribution >= 4 is 39.5 Å². The van der Waals surface area contributed by atoms with Crippen LogP contribution in [-0.2, 0) is 0 Å². The number of ketones is 1. The topological polar surface area (TPSA) is 101 Å². The van der Waals surface area contributed by atoms with E-state index >= 15 is 0 Å². The molecular formula is C19H19N7O. The number of anilines is 2. The van der Waals surface area contributed by atoms with E-state index in [4.69, 9.17) is 4.98 Å². The van der Waals surface area contributed by atoms with Crippen molar-refractivity contribution in [2.75, 3.05) is 5.32 Å². The van der Waals surface area contributed by atoms with Crippen LogP contribution in [0.3, 0.4) is 0 Å². The summed E-state index contributed by atoms with van der Waals surface area (Å²) in [5.74, 6) is 0.545. The Bertz CT molecular complexity index is 1150. The summed E-state index contributed by atoms with van der Waals surface area (Å²) >= 11 is 0. The largest absolute Gasteiger partial charge is 0.323 e. The summed E-state index contributed by atoms with van der Waals surface area (Å²) in [7, 11) is 0. The van der Waals surface area contributed by atoms with Gasteiger partial charge < -0.3 is 9.88 Å². The molecular weight excluding hydrogens is 342 g/mol. The second-order valence-electron chi connectivity index (χ2n) is 7.02. The second kappa shape index (κ2) is 6.15. The average molecular weight is 361 g/mol. The Labute approximate surface area is 155 Å². The van der Waals surface area contributed by atoms with Gasteiger partial charge in [-0.05, 0) is 25.0 Å². The highest BCUT2D eigenvalue weighted by Gasteiger charge is 2.24. The number of rotatable bonds is 4. The molecule has 8 nitrogen and oxygen atoms in total. The minimum Gasteiger partial charge on any atom is -0.323 e. The molecule has 5 rings (SSSR count). The number of aromatic amines is 1. The molecule has 1 fully saturated rings. The maximum absolute atomic E-state index is 12.2. The van der Waals surface area contributed by atoms with Gasteiger partial charge in [-0.15, -0.1) is 0 Å². The summed E-state index contributed by atoms with van der Waals surface area (Å²) in [4.78, 5) is 25.6. The van der Waals surface area contributed by atoms with E-state index in [-0.39, 0.29) is 5.78 Å². The van der Waals surface area contributed by atoms with Crippen LogP contribution in [0.2, 0.25) is 0 Å². The molecule has 0 radical (unpaired) electrons. The van der Waals surface area contributed by atoms with Crippen molar-refractivity contribution in [2.45, 2.75) is 38.6 Å². The molecule has 4 heterocycles. The maximum atomic E-state index is 12.2. The highest BCUT2D eigenvalue weighted by Crippen LogP contribution is 2.34. The summed E-state index contributed by atoms with van der Waals surface area (Å²) < 4.78 is 2.11. The van der Waals surface area contributed by atoms with Gasteiger partial charge in [0.1, 0.15) is 5.65 Å². The van der Waals surface area contributed by atoms with Gasteiger partial charge in [0, 0.05) is 29.9 Å². The van der Waals surface area contributed by atoms with Crippen molar-refractivity contribution in [1.29, 1.82) is 0 Å². The van der Waals surface area contributed by atoms with Crippen LogP contribution in [0.1, 0.15) is 49.1 Å². The Kier molecular flexibility index (Phi) is 3.63. The van der Waals surface area contributed by atoms with Crippen molar-refractivity contribution < 1.29 is 4.79 Å². The van der Waals surface area contributed by atoms with E-state index in [9.17, 15) is 4.79 Å². The lowest BCUT2D eigenvalue weighted by Gasteiger charge is -2.16. The average Bonchev–Trinajstić information content (AvgIpc) is 3.39. The number of carbonyl (C=O) groups is 1. The number of aromatic nitrogens is 6. The number of hydrogen-bond donors (Lipinski definition) is 2. The number of Topliss-reactive ketones (excluding diaryl/α,β-unsaturated/α-hetero) is 1. The zero-order valence-electron chi connectivity index (χ0n) is 14.9. The molecule has 1 aliphatic rings. The molecule has 27 heavy (non-hydrogen) atoms. The summed E-state index contributed by atoms with van der Waals surface area (Å²) in [5, 5.41) is 11.8. The molecule has 0 spiro atoms. The van der Waals surface area contributed by atoms with Gasteiger partial charge in [-0.25, -0.2) is 9.97 Å². The van der Waals surface area contributed by atoms with Crippen molar-refractivity contribution in [3.05, 3.63) is 36.4 Å². The highest BCUT2D eigenvalue weighted by atomic mass is 16.1. The van der Waals surface area contributed by atoms with E-state index < -0.39 is 0 Å². The number of nitrogens with one attached hydrogen (secondary N) is 2. The van der Waals surface area contributed by atoms with E-state index in [1.54, 1.807) is 25.5 Å². The van der Waals surface area contributed by atoms with Crippen LogP contribution < -0.4 is 5.32 Å². The number of nitrogens with zero attached hydrogens (tertiary/aromatic N) is 5. The first-order valence-corrected chi connectivity index (χ1v) is 9.14. The van der Waals surface area contributed by atoms with Crippen LogP contribution in [0.25, 0.3) is 22.1 Å². The number of fused-ring (bicyclic) bond motifs is 2. The minimum atomic E-state index is 0.0593. The quantitative estimate of drug-likeness (QED) is 0.537. The van der Waals surface area contributed by atoms with Crippen molar-refractivity contribution in [3.8, 4) is 0 Å². The molecule has 4 aromatic rings. The van der Waals surface area contributed by atoms with Gasteiger partial charge in [-0.1, -0.05) is 12.8 Å². The molecule has 0 atom stereocenters. The Morgan fingerprint density at radius 1 is 1.15 bits per heavy atom. The molecule has 0 saturated heterocycles. The molecule has 1 aliphatic carbocycles. The van der Waals surface area contributed by atoms with Crippen LogP contribution in [0.4, 0.5) is 11.6 Å². The summed E-state index contributed by atoms with van der Waals surface area (Å²) in [5.41, 5.74) is 3.04. The SMILES string of the molecule is CC(=O)c1cc2cnc(Nc3cnc4[nH]ncc4c3)nc2n1C1CCCC1. The Morgan fingerprint density at radius 2 is 2.00 bits per heavy atom. The first kappa shape index (κ1) is 15.9. The molecule has 0 bridgehead atoms. The molecule has 0 aliphatic heterocycles. The third kappa shape index (κ3) is 2.73. The summed E-state index contributed by atoms with van der Waals surface area (Å²) in [6.07, 6.45) is 9.75. The molecule has 0 aromatic carbocycles. The van der Waals surface area contributed by atoms with Gasteiger partial charge in [0.2, 0.25) is 5.95 Å². The number of H-pyrrole nitrogens is 1. The number of hydrogen-bond acceptors (Lipinski definition) is 6. The molecule has 1 saturated carbocycles. The van der Waals surface area contributed by atoms with E-state index in [1.807, 2.05) is 12.1 Å². The first-order chi connectivity index (χ1) is 13.2. The van der Waals surface area contributed by atoms with Crippen molar-refractivity contribution in [2.24, 2.45) is 0 Å². The van der Waals surface area contributed by atoms with Crippen LogP contribution in [0, 0.1) is 0 Å². The molecule has 136 valence electrons. The Hall–Kier alpha value is -3.29. The maximum Gasteiger partial charge on any atom is 0.229 e. The smallest absolute Gasteiger partial charge is 0.229 e. The number of pyridine rings is 1. The monoisotopic (exact) mass is 361 g/mol. The normalized spacial score (nSPS) is 15.0. The molecule has 4 aromatic heterocycles. The Balaban J connectivity index is 1.57. The standard InChI is InChI=1S/C19H19N7O/c1-11(27)16-7-13-8-21-19(24-18(13)26(16)15-4-2-3-5-15)23-14-6-12-9-22-25-17(12)20-10-14/h6-10,15H,2-5H2,1H3,(H,20,22,25)(H,21,23,24). The van der Waals surface area contributed by atoms with Crippen LogP contribution >= 0.6 is 0 Å². The van der Waals surface area contributed by atoms with Gasteiger partial charge in [-0.2, -0.15) is 10.1 Å². The number of carbonyl (C=O) groups excluding carboxylic acids is 1. The summed E-state index contributed by atoms with van der Waals surface area (Å²) in [6.45, 7) is 1.61. The third-order valence-corrected chi connectivity index (χ3v) is 5.17. The lowest BCUT2D eigenvalue weighted by atomic mass is 10.2. The fraction of sp³-hybridized carbons (Fsp3) is 0.316. The van der Waals surface area contributed by atoms with Crippen LogP contribution in [-0.4, -0.2) is 35.5 Å². The molecule has 2 N–H and O–H groups in total. The molecule has 0 amide bonds. The van der Waals surface area contributed by atoms with Gasteiger partial charge in [0.25, 0.3) is 0 Å². The summed E-state index contributed by atoms with van der Waals surface area (Å²) in [6, 6.07) is 4.17. The van der Waals surface area contributed by atoms with Gasteiger partial charge >= 0.3 is 0 Å². The van der Waals surface area contributed by atoms with Crippen molar-refractivity contribution in [3.63, 3.8) is 0 Å². The van der Waals surface area contributed by atoms with Gasteiger partial charge in [0.05, 0.1) is 23.8 Å². The van der Waals surface area contributed by atoms with E-state index in [0.29, 0.717) is 17.7 Å². The van der Waals surface area contributed by atoms with Gasteiger partial charge in [0.15, 0.2) is 11.4 Å². The Morgan fingerprint density at radius 3 is 2.81 bits per heavy atom. The second-order valence-corrected chi connectivity index (χ2v) is 7.02. The minimum absolute atomic E-state index is 0.0593. The predicted molar refractivity (Wildman–Crippen MR) is 102 cm³/mol. The lowest BCUT2D eigenvalue weighted by Crippen LogP contribution is -2.12.